The first-order valence-corrected chi connectivity index (χ1v) is 8.97. The molecule has 0 aliphatic heterocycles. The van der Waals surface area contributed by atoms with Gasteiger partial charge in [0.25, 0.3) is 10.0 Å². The fourth-order valence-electron chi connectivity index (χ4n) is 1.90. The molecule has 0 heterocycles. The molecule has 2 aromatic rings. The average Bonchev–Trinajstić information content (AvgIpc) is 2.51. The quantitative estimate of drug-likeness (QED) is 0.721. The minimum atomic E-state index is -3.77. The number of thiocarbonyl (C=S) groups is 1. The lowest BCUT2D eigenvalue weighted by atomic mass is 10.2. The summed E-state index contributed by atoms with van der Waals surface area (Å²) in [5.74, 6) is 0. The third-order valence-electron chi connectivity index (χ3n) is 3.08. The Morgan fingerprint density at radius 2 is 1.87 bits per heavy atom. The Morgan fingerprint density at radius 3 is 2.52 bits per heavy atom. The average molecular weight is 370 g/mol. The van der Waals surface area contributed by atoms with Gasteiger partial charge in [0.2, 0.25) is 0 Å². The number of hydrogen-bond acceptors (Lipinski definition) is 3. The van der Waals surface area contributed by atoms with E-state index in [1.807, 2.05) is 0 Å². The second-order valence-corrected chi connectivity index (χ2v) is 7.24. The lowest BCUT2D eigenvalue weighted by Gasteiger charge is -2.14. The van der Waals surface area contributed by atoms with Gasteiger partial charge in [0.05, 0.1) is 15.6 Å². The minimum Gasteiger partial charge on any atom is -0.366 e. The van der Waals surface area contributed by atoms with E-state index >= 15 is 0 Å². The molecule has 0 atom stereocenters. The second kappa shape index (κ2) is 7.16. The molecule has 0 spiro atoms. The van der Waals surface area contributed by atoms with Gasteiger partial charge in [-0.15, -0.1) is 0 Å². The van der Waals surface area contributed by atoms with Gasteiger partial charge in [-0.1, -0.05) is 29.8 Å². The van der Waals surface area contributed by atoms with E-state index in [0.29, 0.717) is 27.1 Å². The number of halogens is 1. The third kappa shape index (κ3) is 4.34. The molecular weight excluding hydrogens is 354 g/mol. The molecule has 0 amide bonds. The zero-order valence-corrected chi connectivity index (χ0v) is 14.9. The van der Waals surface area contributed by atoms with Crippen LogP contribution in [0.1, 0.15) is 5.56 Å². The Labute approximate surface area is 146 Å². The zero-order valence-electron chi connectivity index (χ0n) is 12.6. The van der Waals surface area contributed by atoms with E-state index in [9.17, 15) is 8.42 Å². The summed E-state index contributed by atoms with van der Waals surface area (Å²) in [5.41, 5.74) is 1.53. The van der Waals surface area contributed by atoms with Crippen molar-refractivity contribution in [3.8, 4) is 0 Å². The Bertz CT molecular complexity index is 838. The van der Waals surface area contributed by atoms with Crippen molar-refractivity contribution in [3.63, 3.8) is 0 Å². The van der Waals surface area contributed by atoms with Crippen LogP contribution in [0.5, 0.6) is 0 Å². The van der Waals surface area contributed by atoms with E-state index in [0.717, 1.165) is 0 Å². The molecule has 0 saturated carbocycles. The maximum absolute atomic E-state index is 12.6. The molecule has 2 aromatic carbocycles. The summed E-state index contributed by atoms with van der Waals surface area (Å²) in [6.45, 7) is 1.72. The molecule has 0 bridgehead atoms. The van der Waals surface area contributed by atoms with Crippen LogP contribution in [0.2, 0.25) is 5.02 Å². The van der Waals surface area contributed by atoms with Crippen molar-refractivity contribution in [2.24, 2.45) is 0 Å². The van der Waals surface area contributed by atoms with Crippen molar-refractivity contribution in [2.75, 3.05) is 17.1 Å². The summed E-state index contributed by atoms with van der Waals surface area (Å²) in [7, 11) is -2.09. The Balaban J connectivity index is 2.37. The van der Waals surface area contributed by atoms with Gasteiger partial charge in [0.1, 0.15) is 0 Å². The lowest BCUT2D eigenvalue weighted by Crippen LogP contribution is -2.24. The molecule has 2 rings (SSSR count). The molecule has 0 fully saturated rings. The van der Waals surface area contributed by atoms with Crippen molar-refractivity contribution < 1.29 is 8.42 Å². The predicted octanol–water partition coefficient (Wildman–Crippen LogP) is 3.37. The molecule has 8 heteroatoms. The highest BCUT2D eigenvalue weighted by Gasteiger charge is 2.19. The van der Waals surface area contributed by atoms with Gasteiger partial charge in [-0.3, -0.25) is 4.72 Å². The predicted molar refractivity (Wildman–Crippen MR) is 98.7 cm³/mol. The van der Waals surface area contributed by atoms with E-state index < -0.39 is 10.0 Å². The standard InChI is InChI=1S/C15H16ClN3O2S2/c1-10-7-8-11(18-15(22)17-2)9-14(10)23(20,21)19-13-6-4-3-5-12(13)16/h3-9,19H,1-2H3,(H2,17,18,22). The second-order valence-electron chi connectivity index (χ2n) is 4.77. The molecule has 0 saturated heterocycles. The molecular formula is C15H16ClN3O2S2. The van der Waals surface area contributed by atoms with Crippen LogP contribution >= 0.6 is 23.8 Å². The van der Waals surface area contributed by atoms with Gasteiger partial charge in [-0.05, 0) is 49.0 Å². The van der Waals surface area contributed by atoms with Crippen LogP contribution in [0.15, 0.2) is 47.4 Å². The molecule has 0 aliphatic rings. The van der Waals surface area contributed by atoms with Crippen LogP contribution in [0.25, 0.3) is 0 Å². The first-order chi connectivity index (χ1) is 10.8. The molecule has 0 unspecified atom stereocenters. The van der Waals surface area contributed by atoms with Crippen LogP contribution in [0.3, 0.4) is 0 Å². The van der Waals surface area contributed by atoms with Crippen LogP contribution in [-0.4, -0.2) is 20.6 Å². The molecule has 3 N–H and O–H groups in total. The highest BCUT2D eigenvalue weighted by molar-refractivity contribution is 7.92. The van der Waals surface area contributed by atoms with Crippen molar-refractivity contribution in [3.05, 3.63) is 53.1 Å². The smallest absolute Gasteiger partial charge is 0.262 e. The third-order valence-corrected chi connectivity index (χ3v) is 5.22. The summed E-state index contributed by atoms with van der Waals surface area (Å²) >= 11 is 11.0. The Hall–Kier alpha value is -1.83. The number of rotatable bonds is 4. The highest BCUT2D eigenvalue weighted by atomic mass is 35.5. The van der Waals surface area contributed by atoms with Gasteiger partial charge in [0, 0.05) is 12.7 Å². The molecule has 122 valence electrons. The van der Waals surface area contributed by atoms with Gasteiger partial charge in [0.15, 0.2) is 5.11 Å². The van der Waals surface area contributed by atoms with E-state index in [4.69, 9.17) is 23.8 Å². The molecule has 0 radical (unpaired) electrons. The number of sulfonamides is 1. The number of benzene rings is 2. The highest BCUT2D eigenvalue weighted by Crippen LogP contribution is 2.26. The summed E-state index contributed by atoms with van der Waals surface area (Å²) in [6.07, 6.45) is 0. The van der Waals surface area contributed by atoms with Crippen molar-refractivity contribution in [2.45, 2.75) is 11.8 Å². The minimum absolute atomic E-state index is 0.154. The molecule has 5 nitrogen and oxygen atoms in total. The fraction of sp³-hybridized carbons (Fsp3) is 0.133. The van der Waals surface area contributed by atoms with Crippen LogP contribution in [0.4, 0.5) is 11.4 Å². The topological polar surface area (TPSA) is 70.2 Å². The number of nitrogens with one attached hydrogen (secondary N) is 3. The zero-order chi connectivity index (χ0) is 17.0. The largest absolute Gasteiger partial charge is 0.366 e. The Morgan fingerprint density at radius 1 is 1.17 bits per heavy atom. The Kier molecular flexibility index (Phi) is 5.46. The molecule has 0 aliphatic carbocycles. The fourth-order valence-corrected chi connectivity index (χ4v) is 3.61. The van der Waals surface area contributed by atoms with E-state index in [-0.39, 0.29) is 4.90 Å². The van der Waals surface area contributed by atoms with E-state index in [1.165, 1.54) is 6.07 Å². The van der Waals surface area contributed by atoms with Gasteiger partial charge < -0.3 is 10.6 Å². The van der Waals surface area contributed by atoms with Crippen LogP contribution in [0, 0.1) is 6.92 Å². The van der Waals surface area contributed by atoms with E-state index in [1.54, 1.807) is 50.4 Å². The number of para-hydroxylation sites is 1. The maximum Gasteiger partial charge on any atom is 0.262 e. The van der Waals surface area contributed by atoms with Crippen LogP contribution in [-0.2, 0) is 10.0 Å². The van der Waals surface area contributed by atoms with Crippen LogP contribution < -0.4 is 15.4 Å². The van der Waals surface area contributed by atoms with E-state index in [2.05, 4.69) is 15.4 Å². The van der Waals surface area contributed by atoms with Crippen molar-refractivity contribution >= 4 is 50.3 Å². The van der Waals surface area contributed by atoms with Crippen molar-refractivity contribution in [1.29, 1.82) is 0 Å². The lowest BCUT2D eigenvalue weighted by molar-refractivity contribution is 0.600. The summed E-state index contributed by atoms with van der Waals surface area (Å²) < 4.78 is 27.8. The maximum atomic E-state index is 12.6. The number of hydrogen-bond donors (Lipinski definition) is 3. The number of anilines is 2. The summed E-state index contributed by atoms with van der Waals surface area (Å²) in [5, 5.41) is 6.41. The summed E-state index contributed by atoms with van der Waals surface area (Å²) in [6, 6.07) is 11.7. The first-order valence-electron chi connectivity index (χ1n) is 6.70. The first kappa shape index (κ1) is 17.5. The number of aryl methyl sites for hydroxylation is 1. The van der Waals surface area contributed by atoms with Gasteiger partial charge in [-0.25, -0.2) is 8.42 Å². The SMILES string of the molecule is CNC(=S)Nc1ccc(C)c(S(=O)(=O)Nc2ccccc2Cl)c1. The monoisotopic (exact) mass is 369 g/mol. The van der Waals surface area contributed by atoms with Gasteiger partial charge in [-0.2, -0.15) is 0 Å². The van der Waals surface area contributed by atoms with Gasteiger partial charge >= 0.3 is 0 Å². The summed E-state index contributed by atoms with van der Waals surface area (Å²) in [4.78, 5) is 0.154. The molecule has 0 aromatic heterocycles. The molecule has 23 heavy (non-hydrogen) atoms. The van der Waals surface area contributed by atoms with Crippen molar-refractivity contribution in [1.82, 2.24) is 5.32 Å². The normalized spacial score (nSPS) is 10.9.